The molecule has 0 unspecified atom stereocenters. The number of fused-ring (bicyclic) bond motifs is 2. The van der Waals surface area contributed by atoms with Gasteiger partial charge in [-0.15, -0.1) is 23.5 Å². The molecule has 10 heteroatoms. The fourth-order valence-corrected chi connectivity index (χ4v) is 7.38. The Morgan fingerprint density at radius 3 is 1.54 bits per heavy atom. The van der Waals surface area contributed by atoms with Gasteiger partial charge < -0.3 is 19.5 Å². The number of aliphatic hydroxyl groups excluding tert-OH is 1. The number of aliphatic hydroxyl groups is 1. The molecule has 0 aliphatic carbocycles. The topological polar surface area (TPSA) is 110 Å². The van der Waals surface area contributed by atoms with E-state index in [4.69, 9.17) is 9.47 Å². The van der Waals surface area contributed by atoms with Crippen molar-refractivity contribution in [3.63, 3.8) is 0 Å². The van der Waals surface area contributed by atoms with E-state index in [9.17, 15) is 24.3 Å². The van der Waals surface area contributed by atoms with Crippen LogP contribution >= 0.6 is 23.5 Å². The highest BCUT2D eigenvalue weighted by Gasteiger charge is 2.19. The van der Waals surface area contributed by atoms with Crippen LogP contribution < -0.4 is 9.47 Å². The molecule has 4 aromatic rings. The normalized spacial score (nSPS) is 13.1. The second-order valence-electron chi connectivity index (χ2n) is 12.1. The van der Waals surface area contributed by atoms with Gasteiger partial charge in [-0.1, -0.05) is 48.5 Å². The zero-order chi connectivity index (χ0) is 35.5. The predicted molar refractivity (Wildman–Crippen MR) is 197 cm³/mol. The number of rotatable bonds is 13. The summed E-state index contributed by atoms with van der Waals surface area (Å²) >= 11 is 3.37. The Morgan fingerprint density at radius 2 is 1.06 bits per heavy atom. The SMILES string of the molecule is CN(C)Cc1ccccc1C(=O)CCC(=O)c1ccc2c(c1)SCCO2.O=C(CCC(=O)c1ccccc1CO)c1ccc2c(c1)SCCO2. The number of hydrogen-bond donors (Lipinski definition) is 1. The minimum atomic E-state index is -0.183. The summed E-state index contributed by atoms with van der Waals surface area (Å²) in [5, 5.41) is 9.30. The molecular formula is C40H41NO7S2. The quantitative estimate of drug-likeness (QED) is 0.139. The number of carbonyl (C=O) groups is 4. The third-order valence-corrected chi connectivity index (χ3v) is 10.2. The predicted octanol–water partition coefficient (Wildman–Crippen LogP) is 7.59. The van der Waals surface area contributed by atoms with Crippen molar-refractivity contribution in [3.05, 3.63) is 118 Å². The van der Waals surface area contributed by atoms with Crippen LogP contribution in [0.15, 0.2) is 94.7 Å². The first-order valence-electron chi connectivity index (χ1n) is 16.6. The molecular weight excluding hydrogens is 671 g/mol. The maximum atomic E-state index is 12.6. The summed E-state index contributed by atoms with van der Waals surface area (Å²) < 4.78 is 11.1. The monoisotopic (exact) mass is 711 g/mol. The van der Waals surface area contributed by atoms with Crippen molar-refractivity contribution in [1.29, 1.82) is 0 Å². The average Bonchev–Trinajstić information content (AvgIpc) is 3.15. The molecule has 2 aliphatic rings. The van der Waals surface area contributed by atoms with E-state index in [1.54, 1.807) is 59.9 Å². The lowest BCUT2D eigenvalue weighted by atomic mass is 9.98. The molecule has 4 aromatic carbocycles. The fourth-order valence-electron chi connectivity index (χ4n) is 5.65. The molecule has 2 aliphatic heterocycles. The summed E-state index contributed by atoms with van der Waals surface area (Å²) in [6.07, 6.45) is 0.739. The molecule has 0 fully saturated rings. The van der Waals surface area contributed by atoms with Crippen LogP contribution in [0.4, 0.5) is 0 Å². The van der Waals surface area contributed by atoms with Crippen molar-refractivity contribution in [3.8, 4) is 11.5 Å². The minimum Gasteiger partial charge on any atom is -0.492 e. The number of Topliss-reactive ketones (excluding diaryl/α,β-unsaturated/α-hetero) is 4. The Morgan fingerprint density at radius 1 is 0.620 bits per heavy atom. The Labute approximate surface area is 301 Å². The second-order valence-corrected chi connectivity index (χ2v) is 14.4. The van der Waals surface area contributed by atoms with Crippen LogP contribution in [0.25, 0.3) is 0 Å². The highest BCUT2D eigenvalue weighted by atomic mass is 32.2. The smallest absolute Gasteiger partial charge is 0.163 e. The van der Waals surface area contributed by atoms with Gasteiger partial charge in [-0.3, -0.25) is 19.2 Å². The summed E-state index contributed by atoms with van der Waals surface area (Å²) in [7, 11) is 3.95. The van der Waals surface area contributed by atoms with Crippen LogP contribution in [0, 0.1) is 0 Å². The standard InChI is InChI=1S/C21H23NO3S.C19H18O4S/c1-22(2)14-16-5-3-4-6-17(16)19(24)9-8-18(23)15-7-10-20-21(13-15)26-12-11-25-20;20-12-14-3-1-2-4-15(14)17(22)7-6-16(21)13-5-8-18-19(11-13)24-10-9-23-18/h3-7,10,13H,8-9,11-12,14H2,1-2H3;1-5,8,11,20H,6-7,9-10,12H2. The van der Waals surface area contributed by atoms with Crippen molar-refractivity contribution < 1.29 is 33.8 Å². The molecule has 0 bridgehead atoms. The van der Waals surface area contributed by atoms with Gasteiger partial charge >= 0.3 is 0 Å². The largest absolute Gasteiger partial charge is 0.492 e. The molecule has 1 N–H and O–H groups in total. The van der Waals surface area contributed by atoms with Crippen molar-refractivity contribution >= 4 is 46.7 Å². The van der Waals surface area contributed by atoms with E-state index >= 15 is 0 Å². The number of carbonyl (C=O) groups excluding carboxylic acids is 4. The molecule has 0 spiro atoms. The van der Waals surface area contributed by atoms with Crippen molar-refractivity contribution in [1.82, 2.24) is 4.90 Å². The first-order valence-corrected chi connectivity index (χ1v) is 18.5. The third-order valence-electron chi connectivity index (χ3n) is 8.18. The zero-order valence-corrected chi connectivity index (χ0v) is 29.9. The minimum absolute atomic E-state index is 0.00239. The van der Waals surface area contributed by atoms with Crippen molar-refractivity contribution in [2.75, 3.05) is 38.8 Å². The number of benzene rings is 4. The van der Waals surface area contributed by atoms with Gasteiger partial charge in [0.15, 0.2) is 23.1 Å². The van der Waals surface area contributed by atoms with Gasteiger partial charge in [-0.05, 0) is 61.6 Å². The first kappa shape index (κ1) is 37.0. The number of nitrogens with zero attached hydrogens (tertiary/aromatic N) is 1. The van der Waals surface area contributed by atoms with E-state index in [-0.39, 0.29) is 55.4 Å². The second kappa shape index (κ2) is 18.1. The summed E-state index contributed by atoms with van der Waals surface area (Å²) in [5.74, 6) is 3.26. The number of ketones is 4. The molecule has 0 saturated carbocycles. The molecule has 0 amide bonds. The zero-order valence-electron chi connectivity index (χ0n) is 28.3. The molecule has 260 valence electrons. The van der Waals surface area contributed by atoms with E-state index in [0.29, 0.717) is 47.6 Å². The summed E-state index contributed by atoms with van der Waals surface area (Å²) in [6.45, 7) is 1.91. The Bertz CT molecular complexity index is 1860. The van der Waals surface area contributed by atoms with Crippen LogP contribution in [-0.2, 0) is 13.2 Å². The van der Waals surface area contributed by atoms with E-state index in [1.165, 1.54) is 0 Å². The highest BCUT2D eigenvalue weighted by molar-refractivity contribution is 7.99. The lowest BCUT2D eigenvalue weighted by Crippen LogP contribution is -2.15. The number of thioether (sulfide) groups is 2. The van der Waals surface area contributed by atoms with Gasteiger partial charge in [0.25, 0.3) is 0 Å². The Hall–Kier alpha value is -4.22. The maximum absolute atomic E-state index is 12.6. The number of ether oxygens (including phenoxy) is 2. The molecule has 50 heavy (non-hydrogen) atoms. The molecule has 0 radical (unpaired) electrons. The summed E-state index contributed by atoms with van der Waals surface area (Å²) in [4.78, 5) is 53.8. The first-order chi connectivity index (χ1) is 24.2. The van der Waals surface area contributed by atoms with E-state index in [0.717, 1.165) is 38.4 Å². The Kier molecular flexibility index (Phi) is 13.4. The van der Waals surface area contributed by atoms with Crippen molar-refractivity contribution in [2.24, 2.45) is 0 Å². The summed E-state index contributed by atoms with van der Waals surface area (Å²) in [5.41, 5.74) is 4.05. The Balaban J connectivity index is 0.000000195. The molecule has 6 rings (SSSR count). The molecule has 0 aromatic heterocycles. The van der Waals surface area contributed by atoms with Gasteiger partial charge in [0.05, 0.1) is 29.6 Å². The van der Waals surface area contributed by atoms with E-state index < -0.39 is 0 Å². The lowest BCUT2D eigenvalue weighted by molar-refractivity contribution is 0.0916. The van der Waals surface area contributed by atoms with Crippen LogP contribution in [0.3, 0.4) is 0 Å². The van der Waals surface area contributed by atoms with Gasteiger partial charge in [-0.2, -0.15) is 0 Å². The van der Waals surface area contributed by atoms with Gasteiger partial charge in [0, 0.05) is 66.0 Å². The van der Waals surface area contributed by atoms with E-state index in [1.807, 2.05) is 67.5 Å². The summed E-state index contributed by atoms with van der Waals surface area (Å²) in [6, 6.07) is 25.5. The fraction of sp³-hybridized carbons (Fsp3) is 0.300. The molecule has 2 heterocycles. The van der Waals surface area contributed by atoms with Crippen LogP contribution in [-0.4, -0.2) is 72.0 Å². The third kappa shape index (κ3) is 9.94. The lowest BCUT2D eigenvalue weighted by Gasteiger charge is -2.17. The van der Waals surface area contributed by atoms with Gasteiger partial charge in [-0.25, -0.2) is 0 Å². The molecule has 0 saturated heterocycles. The van der Waals surface area contributed by atoms with Gasteiger partial charge in [0.1, 0.15) is 11.5 Å². The van der Waals surface area contributed by atoms with Crippen molar-refractivity contribution in [2.45, 2.75) is 48.6 Å². The number of hydrogen-bond acceptors (Lipinski definition) is 10. The average molecular weight is 712 g/mol. The van der Waals surface area contributed by atoms with Crippen LogP contribution in [0.2, 0.25) is 0 Å². The van der Waals surface area contributed by atoms with Crippen LogP contribution in [0.1, 0.15) is 78.2 Å². The van der Waals surface area contributed by atoms with E-state index in [2.05, 4.69) is 0 Å². The molecule has 8 nitrogen and oxygen atoms in total. The maximum Gasteiger partial charge on any atom is 0.163 e. The van der Waals surface area contributed by atoms with Crippen LogP contribution in [0.5, 0.6) is 11.5 Å². The van der Waals surface area contributed by atoms with Gasteiger partial charge in [0.2, 0.25) is 0 Å². The molecule has 0 atom stereocenters. The highest BCUT2D eigenvalue weighted by Crippen LogP contribution is 2.35.